The van der Waals surface area contributed by atoms with Gasteiger partial charge in [-0.1, -0.05) is 42.1 Å². The summed E-state index contributed by atoms with van der Waals surface area (Å²) >= 11 is 2.87. The summed E-state index contributed by atoms with van der Waals surface area (Å²) in [7, 11) is 0. The number of aromatic amines is 1. The Hall–Kier alpha value is -3.04. The third-order valence-corrected chi connectivity index (χ3v) is 6.10. The minimum absolute atomic E-state index is 0.115. The first kappa shape index (κ1) is 19.3. The highest BCUT2D eigenvalue weighted by atomic mass is 32.2. The van der Waals surface area contributed by atoms with E-state index in [-0.39, 0.29) is 5.91 Å². The van der Waals surface area contributed by atoms with Gasteiger partial charge in [-0.3, -0.25) is 14.9 Å². The molecule has 3 heterocycles. The van der Waals surface area contributed by atoms with Crippen LogP contribution in [-0.2, 0) is 0 Å². The maximum atomic E-state index is 12.5. The van der Waals surface area contributed by atoms with E-state index in [0.717, 1.165) is 27.7 Å². The number of carbonyl (C=O) groups is 1. The number of nitrogens with zero attached hydrogens (tertiary/aromatic N) is 4. The zero-order valence-electron chi connectivity index (χ0n) is 15.6. The number of thiazole rings is 1. The Balaban J connectivity index is 1.30. The molecular weight excluding hydrogens is 404 g/mol. The molecule has 1 amide bonds. The van der Waals surface area contributed by atoms with Crippen LogP contribution >= 0.6 is 23.1 Å². The lowest BCUT2D eigenvalue weighted by molar-refractivity contribution is 0.0959. The van der Waals surface area contributed by atoms with Crippen molar-refractivity contribution in [2.45, 2.75) is 12.1 Å². The minimum atomic E-state index is -0.115. The van der Waals surface area contributed by atoms with Gasteiger partial charge in [-0.25, -0.2) is 9.97 Å². The largest absolute Gasteiger partial charge is 0.350 e. The summed E-state index contributed by atoms with van der Waals surface area (Å²) in [5, 5.41) is 11.6. The molecule has 0 bridgehead atoms. The van der Waals surface area contributed by atoms with E-state index in [1.54, 1.807) is 12.4 Å². The summed E-state index contributed by atoms with van der Waals surface area (Å²) in [4.78, 5) is 26.2. The average Bonchev–Trinajstić information content (AvgIpc) is 3.39. The third-order valence-electron chi connectivity index (χ3n) is 4.04. The standard InChI is InChI=1S/C20H18N6OS2/c1-13-16(29-19(23-13)15-8-5-9-21-12-15)18(27)22-10-11-28-20-24-17(25-26-20)14-6-3-2-4-7-14/h2-9,12H,10-11H2,1H3,(H,22,27)(H,24,25,26). The number of hydrogen-bond acceptors (Lipinski definition) is 7. The lowest BCUT2D eigenvalue weighted by atomic mass is 10.2. The van der Waals surface area contributed by atoms with Crippen molar-refractivity contribution in [3.8, 4) is 22.0 Å². The lowest BCUT2D eigenvalue weighted by Gasteiger charge is -2.02. The first-order valence-electron chi connectivity index (χ1n) is 8.97. The molecule has 4 rings (SSSR count). The molecule has 0 saturated carbocycles. The van der Waals surface area contributed by atoms with Gasteiger partial charge in [0.15, 0.2) is 5.82 Å². The normalized spacial score (nSPS) is 10.8. The van der Waals surface area contributed by atoms with Crippen molar-refractivity contribution >= 4 is 29.0 Å². The number of amides is 1. The second kappa shape index (κ2) is 8.97. The molecule has 4 aromatic rings. The summed E-state index contributed by atoms with van der Waals surface area (Å²) in [6, 6.07) is 13.6. The van der Waals surface area contributed by atoms with Gasteiger partial charge in [0.1, 0.15) is 9.88 Å². The van der Waals surface area contributed by atoms with Crippen LogP contribution in [-0.4, -0.2) is 43.4 Å². The monoisotopic (exact) mass is 422 g/mol. The Morgan fingerprint density at radius 3 is 2.76 bits per heavy atom. The highest BCUT2D eigenvalue weighted by molar-refractivity contribution is 7.99. The molecule has 0 aliphatic heterocycles. The quantitative estimate of drug-likeness (QED) is 0.347. The van der Waals surface area contributed by atoms with Crippen LogP contribution in [0.1, 0.15) is 15.4 Å². The third kappa shape index (κ3) is 4.69. The molecule has 0 saturated heterocycles. The number of rotatable bonds is 7. The number of H-pyrrole nitrogens is 1. The minimum Gasteiger partial charge on any atom is -0.350 e. The maximum absolute atomic E-state index is 12.5. The summed E-state index contributed by atoms with van der Waals surface area (Å²) < 4.78 is 0. The molecule has 0 radical (unpaired) electrons. The predicted octanol–water partition coefficient (Wildman–Crippen LogP) is 3.82. The Bertz CT molecular complexity index is 1090. The SMILES string of the molecule is Cc1nc(-c2cccnc2)sc1C(=O)NCCSc1n[nH]c(-c2ccccc2)n1. The van der Waals surface area contributed by atoms with Gasteiger partial charge in [0.25, 0.3) is 5.91 Å². The Morgan fingerprint density at radius 2 is 1.97 bits per heavy atom. The van der Waals surface area contributed by atoms with Crippen LogP contribution in [0.3, 0.4) is 0 Å². The molecule has 1 aromatic carbocycles. The Morgan fingerprint density at radius 1 is 1.14 bits per heavy atom. The molecule has 0 aliphatic rings. The molecule has 0 atom stereocenters. The van der Waals surface area contributed by atoms with Crippen molar-refractivity contribution in [2.24, 2.45) is 0 Å². The maximum Gasteiger partial charge on any atom is 0.263 e. The van der Waals surface area contributed by atoms with E-state index in [1.807, 2.05) is 49.4 Å². The zero-order valence-corrected chi connectivity index (χ0v) is 17.3. The average molecular weight is 423 g/mol. The van der Waals surface area contributed by atoms with Gasteiger partial charge < -0.3 is 5.32 Å². The van der Waals surface area contributed by atoms with Crippen LogP contribution < -0.4 is 5.32 Å². The van der Waals surface area contributed by atoms with Crippen LogP contribution in [0, 0.1) is 6.92 Å². The van der Waals surface area contributed by atoms with Crippen LogP contribution in [0.15, 0.2) is 60.0 Å². The van der Waals surface area contributed by atoms with E-state index in [1.165, 1.54) is 23.1 Å². The van der Waals surface area contributed by atoms with Gasteiger partial charge in [-0.2, -0.15) is 0 Å². The van der Waals surface area contributed by atoms with Gasteiger partial charge in [0.2, 0.25) is 5.16 Å². The highest BCUT2D eigenvalue weighted by Gasteiger charge is 2.16. The number of nitrogens with one attached hydrogen (secondary N) is 2. The van der Waals surface area contributed by atoms with Gasteiger partial charge in [0, 0.05) is 35.8 Å². The Kier molecular flexibility index (Phi) is 5.97. The topological polar surface area (TPSA) is 96.5 Å². The van der Waals surface area contributed by atoms with Crippen LogP contribution in [0.4, 0.5) is 0 Å². The predicted molar refractivity (Wildman–Crippen MR) is 115 cm³/mol. The van der Waals surface area contributed by atoms with Gasteiger partial charge in [0.05, 0.1) is 5.69 Å². The molecule has 0 spiro atoms. The smallest absolute Gasteiger partial charge is 0.263 e. The first-order chi connectivity index (χ1) is 14.2. The second-order valence-electron chi connectivity index (χ2n) is 6.11. The fourth-order valence-electron chi connectivity index (χ4n) is 2.64. The van der Waals surface area contributed by atoms with E-state index in [2.05, 4.69) is 30.5 Å². The Labute approximate surface area is 176 Å². The summed E-state index contributed by atoms with van der Waals surface area (Å²) in [6.45, 7) is 2.36. The lowest BCUT2D eigenvalue weighted by Crippen LogP contribution is -2.25. The molecule has 0 unspecified atom stereocenters. The van der Waals surface area contributed by atoms with Crippen molar-refractivity contribution in [3.05, 3.63) is 65.4 Å². The second-order valence-corrected chi connectivity index (χ2v) is 8.17. The van der Waals surface area contributed by atoms with E-state index >= 15 is 0 Å². The molecule has 0 aliphatic carbocycles. The number of hydrogen-bond donors (Lipinski definition) is 2. The van der Waals surface area contributed by atoms with Crippen LogP contribution in [0.25, 0.3) is 22.0 Å². The fourth-order valence-corrected chi connectivity index (χ4v) is 4.27. The van der Waals surface area contributed by atoms with Crippen LogP contribution in [0.5, 0.6) is 0 Å². The van der Waals surface area contributed by atoms with Gasteiger partial charge in [-0.05, 0) is 19.1 Å². The van der Waals surface area contributed by atoms with Crippen molar-refractivity contribution in [1.82, 2.24) is 30.5 Å². The van der Waals surface area contributed by atoms with Gasteiger partial charge in [-0.15, -0.1) is 16.4 Å². The number of carbonyl (C=O) groups excluding carboxylic acids is 1. The highest BCUT2D eigenvalue weighted by Crippen LogP contribution is 2.27. The van der Waals surface area contributed by atoms with Crippen LogP contribution in [0.2, 0.25) is 0 Å². The molecule has 146 valence electrons. The number of aryl methyl sites for hydroxylation is 1. The van der Waals surface area contributed by atoms with Gasteiger partial charge >= 0.3 is 0 Å². The van der Waals surface area contributed by atoms with E-state index < -0.39 is 0 Å². The summed E-state index contributed by atoms with van der Waals surface area (Å²) in [5.41, 5.74) is 2.62. The number of thioether (sulfide) groups is 1. The van der Waals surface area contributed by atoms with E-state index in [4.69, 9.17) is 0 Å². The molecule has 7 nitrogen and oxygen atoms in total. The molecule has 9 heteroatoms. The van der Waals surface area contributed by atoms with Crippen molar-refractivity contribution in [3.63, 3.8) is 0 Å². The van der Waals surface area contributed by atoms with E-state index in [0.29, 0.717) is 22.3 Å². The molecule has 0 fully saturated rings. The number of aromatic nitrogens is 5. The van der Waals surface area contributed by atoms with Crippen molar-refractivity contribution < 1.29 is 4.79 Å². The first-order valence-corrected chi connectivity index (χ1v) is 10.8. The van der Waals surface area contributed by atoms with E-state index in [9.17, 15) is 4.79 Å². The molecular formula is C20H18N6OS2. The molecule has 2 N–H and O–H groups in total. The molecule has 29 heavy (non-hydrogen) atoms. The van der Waals surface area contributed by atoms with Crippen molar-refractivity contribution in [1.29, 1.82) is 0 Å². The van der Waals surface area contributed by atoms with Crippen molar-refractivity contribution in [2.75, 3.05) is 12.3 Å². The summed E-state index contributed by atoms with van der Waals surface area (Å²) in [6.07, 6.45) is 3.46. The molecule has 3 aromatic heterocycles. The summed E-state index contributed by atoms with van der Waals surface area (Å²) in [5.74, 6) is 1.29. The number of benzene rings is 1. The number of pyridine rings is 1. The fraction of sp³-hybridized carbons (Fsp3) is 0.150. The zero-order chi connectivity index (χ0) is 20.1.